The van der Waals surface area contributed by atoms with Crippen LogP contribution < -0.4 is 35.9 Å². The number of amides is 2. The molecule has 64 heavy (non-hydrogen) atoms. The van der Waals surface area contributed by atoms with E-state index < -0.39 is 84.6 Å². The van der Waals surface area contributed by atoms with Gasteiger partial charge in [-0.25, -0.2) is 19.3 Å². The number of aliphatic hydroxyl groups is 2. The summed E-state index contributed by atoms with van der Waals surface area (Å²) >= 11 is 0.994. The molecule has 0 aromatic carbocycles. The first-order valence-electron chi connectivity index (χ1n) is 19.8. The fraction of sp³-hybridized carbons (Fsp3) is 0.629. The fourth-order valence-electron chi connectivity index (χ4n) is 6.64. The number of fused-ring (bicyclic) bond motifs is 1. The van der Waals surface area contributed by atoms with Gasteiger partial charge >= 0.3 is 0 Å². The van der Waals surface area contributed by atoms with E-state index in [-0.39, 0.29) is 65.0 Å². The summed E-state index contributed by atoms with van der Waals surface area (Å²) in [6.07, 6.45) is 3.17. The van der Waals surface area contributed by atoms with E-state index in [1.165, 1.54) is 19.9 Å². The number of rotatable bonds is 25. The van der Waals surface area contributed by atoms with Crippen LogP contribution in [0.1, 0.15) is 65.5 Å². The monoisotopic (exact) mass is 981 g/mol. The molecule has 2 aromatic heterocycles. The molecule has 29 heteroatoms. The van der Waals surface area contributed by atoms with Gasteiger partial charge in [0.1, 0.15) is 42.0 Å². The van der Waals surface area contributed by atoms with Gasteiger partial charge in [0.25, 0.3) is 15.6 Å². The predicted octanol–water partition coefficient (Wildman–Crippen LogP) is -0.965. The number of anilines is 1. The van der Waals surface area contributed by atoms with Crippen LogP contribution in [0, 0.1) is 17.3 Å². The molecule has 358 valence electrons. The largest absolute Gasteiger partial charge is 0.790 e. The zero-order valence-corrected chi connectivity index (χ0v) is 38.3. The number of ketones is 1. The Morgan fingerprint density at radius 1 is 1.06 bits per heavy atom. The Hall–Kier alpha value is -3.29. The van der Waals surface area contributed by atoms with E-state index in [0.717, 1.165) is 41.8 Å². The van der Waals surface area contributed by atoms with Gasteiger partial charge in [0.05, 0.1) is 27.4 Å². The smallest absolute Gasteiger partial charge is 0.274 e. The van der Waals surface area contributed by atoms with E-state index in [0.29, 0.717) is 19.3 Å². The Morgan fingerprint density at radius 3 is 2.48 bits per heavy atom. The van der Waals surface area contributed by atoms with Gasteiger partial charge in [-0.15, -0.1) is 0 Å². The number of carbonyl (C=O) groups is 4. The van der Waals surface area contributed by atoms with E-state index in [1.807, 2.05) is 19.1 Å². The number of phosphoric acid groups is 3. The fourth-order valence-corrected chi connectivity index (χ4v) is 9.97. The second-order valence-electron chi connectivity index (χ2n) is 15.3. The Balaban J connectivity index is 1.16. The molecule has 4 rings (SSSR count). The summed E-state index contributed by atoms with van der Waals surface area (Å²) in [4.78, 5) is 109. The molecule has 2 aromatic rings. The van der Waals surface area contributed by atoms with Crippen LogP contribution in [0.4, 0.5) is 5.82 Å². The lowest BCUT2D eigenvalue weighted by atomic mass is 9.87. The Morgan fingerprint density at radius 2 is 1.78 bits per heavy atom. The molecule has 0 spiro atoms. The molecule has 25 nitrogen and oxygen atoms in total. The molecule has 3 heterocycles. The molecular weight excluding hydrogens is 931 g/mol. The number of aromatic nitrogens is 4. The van der Waals surface area contributed by atoms with E-state index >= 15 is 0 Å². The summed E-state index contributed by atoms with van der Waals surface area (Å²) in [5.41, 5.74) is 4.05. The number of allylic oxidation sites excluding steroid dienone is 3. The standard InChI is InChI=1S/C35H54N7O18P3S/c1-4-5-6-9-22-21(11-12-23(22)43)8-7-10-26(45)64-16-15-37-25(44)13-14-38-33(48)30(47)35(2,3)18-57-63(54,55)60-62(52,53)56-17-24-29(59-61(49,50)51)28(46)34(58-24)42-20-41-27-31(36)39-19-40-32(27)42/h5-7,10,19-22,24,28-30,34,46-47H,4,8-9,11-18H2,1-3H3,(H,37,44)(H,38,48)(H,52,53)(H,54,55)(H2,36,39,40)(H2,49,50,51)/p-4/b6-5-,10-7+/t21-,22-,24+,28+,29+,30-,34+/m0/s1. The van der Waals surface area contributed by atoms with Crippen molar-refractivity contribution in [2.75, 3.05) is 37.8 Å². The Labute approximate surface area is 371 Å². The number of nitrogens with zero attached hydrogens (tertiary/aromatic N) is 4. The SMILES string of the molecule is CC/C=C\C[C@@H]1C(=O)CC[C@@H]1C/C=C/C(=O)SCCNC(=O)CCNC(=O)[C@H](O)C(C)(C)COP(=O)([O-])OP(=O)([O-])OC[C@H]1O[C@@H](n2cnc3c(N)ncnc32)[C@H](O)[C@@H]1OP(=O)([O-])[O-]. The Kier molecular flexibility index (Phi) is 19.5. The number of phosphoric ester groups is 3. The van der Waals surface area contributed by atoms with Gasteiger partial charge in [0, 0.05) is 43.0 Å². The van der Waals surface area contributed by atoms with E-state index in [4.69, 9.17) is 10.5 Å². The Bertz CT molecular complexity index is 2170. The number of imidazole rings is 1. The number of nitrogens with one attached hydrogen (secondary N) is 2. The van der Waals surface area contributed by atoms with Crippen molar-refractivity contribution >= 4 is 74.9 Å². The van der Waals surface area contributed by atoms with Crippen molar-refractivity contribution in [2.45, 2.75) is 89.9 Å². The van der Waals surface area contributed by atoms with Crippen LogP contribution in [0.2, 0.25) is 0 Å². The van der Waals surface area contributed by atoms with Crippen LogP contribution in [0.3, 0.4) is 0 Å². The third-order valence-corrected chi connectivity index (χ3v) is 13.8. The summed E-state index contributed by atoms with van der Waals surface area (Å²) in [6, 6.07) is 0. The minimum Gasteiger partial charge on any atom is -0.790 e. The molecule has 1 saturated heterocycles. The van der Waals surface area contributed by atoms with Crippen molar-refractivity contribution in [1.82, 2.24) is 30.2 Å². The molecule has 2 aliphatic rings. The maximum absolute atomic E-state index is 12.6. The van der Waals surface area contributed by atoms with Crippen LogP contribution in [-0.4, -0.2) is 109 Å². The number of nitrogens with two attached hydrogens (primary N) is 1. The number of carbonyl (C=O) groups excluding carboxylic acids is 4. The highest BCUT2D eigenvalue weighted by molar-refractivity contribution is 8.14. The first-order valence-corrected chi connectivity index (χ1v) is 25.1. The molecule has 2 unspecified atom stereocenters. The number of aliphatic hydroxyl groups excluding tert-OH is 2. The van der Waals surface area contributed by atoms with Crippen LogP contribution in [0.15, 0.2) is 37.0 Å². The van der Waals surface area contributed by atoms with Gasteiger partial charge in [-0.2, -0.15) is 0 Å². The summed E-state index contributed by atoms with van der Waals surface area (Å²) in [7, 11) is -17.6. The van der Waals surface area contributed by atoms with Crippen molar-refractivity contribution in [3.8, 4) is 0 Å². The summed E-state index contributed by atoms with van der Waals surface area (Å²) < 4.78 is 60.7. The molecule has 1 aliphatic heterocycles. The van der Waals surface area contributed by atoms with Gasteiger partial charge in [-0.3, -0.25) is 32.9 Å². The topological polar surface area (TPSA) is 392 Å². The highest BCUT2D eigenvalue weighted by Crippen LogP contribution is 2.56. The first kappa shape index (κ1) is 53.3. The molecule has 0 radical (unpaired) electrons. The highest BCUT2D eigenvalue weighted by atomic mass is 32.2. The third-order valence-electron chi connectivity index (χ3n) is 9.95. The maximum atomic E-state index is 12.6. The van der Waals surface area contributed by atoms with Crippen LogP contribution in [0.5, 0.6) is 0 Å². The van der Waals surface area contributed by atoms with Gasteiger partial charge in [0.15, 0.2) is 17.7 Å². The van der Waals surface area contributed by atoms with Crippen molar-refractivity contribution in [1.29, 1.82) is 0 Å². The minimum atomic E-state index is -5.93. The number of ether oxygens (including phenoxy) is 1. The number of thioether (sulfide) groups is 1. The molecule has 1 aliphatic carbocycles. The third kappa shape index (κ3) is 16.0. The van der Waals surface area contributed by atoms with Crippen LogP contribution >= 0.6 is 35.2 Å². The van der Waals surface area contributed by atoms with Crippen molar-refractivity contribution < 1.29 is 85.3 Å². The summed E-state index contributed by atoms with van der Waals surface area (Å²) in [6.45, 7) is 2.01. The minimum absolute atomic E-state index is 0.0261. The summed E-state index contributed by atoms with van der Waals surface area (Å²) in [5.74, 6) is -0.920. The lowest BCUT2D eigenvalue weighted by Crippen LogP contribution is -2.46. The van der Waals surface area contributed by atoms with Crippen molar-refractivity contribution in [2.24, 2.45) is 17.3 Å². The quantitative estimate of drug-likeness (QED) is 0.0346. The lowest BCUT2D eigenvalue weighted by molar-refractivity contribution is -0.347. The van der Waals surface area contributed by atoms with Crippen LogP contribution in [-0.2, 0) is 55.5 Å². The van der Waals surface area contributed by atoms with E-state index in [1.54, 1.807) is 6.08 Å². The van der Waals surface area contributed by atoms with Gasteiger partial charge in [-0.1, -0.05) is 50.8 Å². The molecule has 0 bridgehead atoms. The van der Waals surface area contributed by atoms with Gasteiger partial charge in [0.2, 0.25) is 16.9 Å². The average Bonchev–Trinajstić information content (AvgIpc) is 3.89. The molecule has 2 fully saturated rings. The highest BCUT2D eigenvalue weighted by Gasteiger charge is 2.47. The lowest BCUT2D eigenvalue weighted by Gasteiger charge is -2.36. The predicted molar refractivity (Wildman–Crippen MR) is 217 cm³/mol. The van der Waals surface area contributed by atoms with Crippen LogP contribution in [0.25, 0.3) is 11.2 Å². The molecular formula is C35H50N7O18P3S-4. The number of hydrogen-bond acceptors (Lipinski definition) is 23. The average molecular weight is 982 g/mol. The number of Topliss-reactive ketones (excluding diaryl/α,β-unsaturated/α-hetero) is 1. The zero-order chi connectivity index (χ0) is 47.5. The van der Waals surface area contributed by atoms with Gasteiger partial charge < -0.3 is 69.0 Å². The molecule has 1 saturated carbocycles. The molecule has 6 N–H and O–H groups in total. The molecule has 2 amide bonds. The zero-order valence-electron chi connectivity index (χ0n) is 34.8. The maximum Gasteiger partial charge on any atom is 0.274 e. The van der Waals surface area contributed by atoms with Gasteiger partial charge in [-0.05, 0) is 37.7 Å². The molecule has 9 atom stereocenters. The second kappa shape index (κ2) is 23.4. The van der Waals surface area contributed by atoms with E-state index in [2.05, 4.69) is 43.5 Å². The number of nitrogen functional groups attached to an aromatic ring is 1. The second-order valence-corrected chi connectivity index (χ2v) is 20.4. The van der Waals surface area contributed by atoms with Crippen molar-refractivity contribution in [3.63, 3.8) is 0 Å². The first-order chi connectivity index (χ1) is 29.9. The van der Waals surface area contributed by atoms with E-state index in [9.17, 15) is 62.7 Å². The van der Waals surface area contributed by atoms with Crippen molar-refractivity contribution in [3.05, 3.63) is 37.0 Å². The normalized spacial score (nSPS) is 24.3. The number of hydrogen-bond donors (Lipinski definition) is 5. The summed E-state index contributed by atoms with van der Waals surface area (Å²) in [5, 5.41) is 26.1.